The Kier molecular flexibility index (Phi) is 4.16. The second kappa shape index (κ2) is 5.84. The fourth-order valence-electron chi connectivity index (χ4n) is 2.25. The topological polar surface area (TPSA) is 69.6 Å². The number of rotatable bonds is 4. The summed E-state index contributed by atoms with van der Waals surface area (Å²) in [5, 5.41) is 11.7. The molecule has 5 nitrogen and oxygen atoms in total. The van der Waals surface area contributed by atoms with E-state index in [1.807, 2.05) is 7.05 Å². The summed E-state index contributed by atoms with van der Waals surface area (Å²) in [5.41, 5.74) is 1.16. The zero-order chi connectivity index (χ0) is 13.8. The van der Waals surface area contributed by atoms with Crippen LogP contribution in [0.4, 0.5) is 0 Å². The van der Waals surface area contributed by atoms with E-state index >= 15 is 0 Å². The SMILES string of the molecule is CN1CCC(C(=O)NCc2ccc(C(=O)O)cc2)C1. The summed E-state index contributed by atoms with van der Waals surface area (Å²) < 4.78 is 0. The molecule has 0 spiro atoms. The average molecular weight is 262 g/mol. The van der Waals surface area contributed by atoms with Gasteiger partial charge >= 0.3 is 5.97 Å². The predicted octanol–water partition coefficient (Wildman–Crippen LogP) is 0.953. The molecule has 0 aliphatic carbocycles. The van der Waals surface area contributed by atoms with Crippen molar-refractivity contribution >= 4 is 11.9 Å². The number of carboxylic acids is 1. The number of hydrogen-bond acceptors (Lipinski definition) is 3. The van der Waals surface area contributed by atoms with Crippen LogP contribution in [0.2, 0.25) is 0 Å². The second-order valence-electron chi connectivity index (χ2n) is 4.97. The lowest BCUT2D eigenvalue weighted by Gasteiger charge is -2.11. The first-order valence-electron chi connectivity index (χ1n) is 6.35. The fourth-order valence-corrected chi connectivity index (χ4v) is 2.25. The van der Waals surface area contributed by atoms with Crippen LogP contribution in [0, 0.1) is 5.92 Å². The van der Waals surface area contributed by atoms with E-state index in [-0.39, 0.29) is 17.4 Å². The van der Waals surface area contributed by atoms with Crippen molar-refractivity contribution in [3.8, 4) is 0 Å². The monoisotopic (exact) mass is 262 g/mol. The van der Waals surface area contributed by atoms with E-state index in [0.29, 0.717) is 6.54 Å². The number of carboxylic acid groups (broad SMARTS) is 1. The zero-order valence-electron chi connectivity index (χ0n) is 10.9. The first-order valence-corrected chi connectivity index (χ1v) is 6.35. The molecule has 1 aromatic rings. The first-order chi connectivity index (χ1) is 9.06. The van der Waals surface area contributed by atoms with Gasteiger partial charge in [-0.2, -0.15) is 0 Å². The van der Waals surface area contributed by atoms with Crippen molar-refractivity contribution in [1.29, 1.82) is 0 Å². The lowest BCUT2D eigenvalue weighted by Crippen LogP contribution is -2.31. The van der Waals surface area contributed by atoms with E-state index < -0.39 is 5.97 Å². The van der Waals surface area contributed by atoms with Crippen LogP contribution in [0.1, 0.15) is 22.3 Å². The van der Waals surface area contributed by atoms with Gasteiger partial charge < -0.3 is 15.3 Å². The Bertz CT molecular complexity index is 470. The molecule has 19 heavy (non-hydrogen) atoms. The lowest BCUT2D eigenvalue weighted by molar-refractivity contribution is -0.124. The van der Waals surface area contributed by atoms with Crippen LogP contribution in [0.25, 0.3) is 0 Å². The summed E-state index contributed by atoms with van der Waals surface area (Å²) in [6.07, 6.45) is 0.903. The number of amides is 1. The summed E-state index contributed by atoms with van der Waals surface area (Å²) in [7, 11) is 2.01. The molecule has 5 heteroatoms. The Morgan fingerprint density at radius 3 is 2.58 bits per heavy atom. The minimum atomic E-state index is -0.940. The minimum absolute atomic E-state index is 0.0725. The maximum atomic E-state index is 11.9. The van der Waals surface area contributed by atoms with Gasteiger partial charge in [0.25, 0.3) is 0 Å². The summed E-state index contributed by atoms with van der Waals surface area (Å²) >= 11 is 0. The number of nitrogens with zero attached hydrogens (tertiary/aromatic N) is 1. The van der Waals surface area contributed by atoms with Crippen molar-refractivity contribution in [2.75, 3.05) is 20.1 Å². The van der Waals surface area contributed by atoms with Crippen LogP contribution in [0.5, 0.6) is 0 Å². The van der Waals surface area contributed by atoms with Crippen LogP contribution >= 0.6 is 0 Å². The molecule has 1 aliphatic heterocycles. The van der Waals surface area contributed by atoms with E-state index in [0.717, 1.165) is 25.1 Å². The summed E-state index contributed by atoms with van der Waals surface area (Å²) in [5.74, 6) is -0.792. The molecule has 0 radical (unpaired) electrons. The van der Waals surface area contributed by atoms with Gasteiger partial charge in [0.05, 0.1) is 11.5 Å². The van der Waals surface area contributed by atoms with Gasteiger partial charge in [-0.05, 0) is 37.7 Å². The summed E-state index contributed by atoms with van der Waals surface area (Å²) in [6, 6.07) is 6.55. The highest BCUT2D eigenvalue weighted by atomic mass is 16.4. The van der Waals surface area contributed by atoms with Gasteiger partial charge in [0.1, 0.15) is 0 Å². The third-order valence-corrected chi connectivity index (χ3v) is 3.43. The molecule has 2 N–H and O–H groups in total. The smallest absolute Gasteiger partial charge is 0.335 e. The Labute approximate surface area is 112 Å². The van der Waals surface area contributed by atoms with Gasteiger partial charge in [0.15, 0.2) is 0 Å². The van der Waals surface area contributed by atoms with Crippen molar-refractivity contribution in [3.63, 3.8) is 0 Å². The maximum Gasteiger partial charge on any atom is 0.335 e. The van der Waals surface area contributed by atoms with Crippen molar-refractivity contribution in [2.45, 2.75) is 13.0 Å². The number of likely N-dealkylation sites (tertiary alicyclic amines) is 1. The molecule has 2 rings (SSSR count). The average Bonchev–Trinajstić information content (AvgIpc) is 2.83. The molecule has 1 amide bonds. The minimum Gasteiger partial charge on any atom is -0.478 e. The quantitative estimate of drug-likeness (QED) is 0.847. The predicted molar refractivity (Wildman–Crippen MR) is 70.9 cm³/mol. The van der Waals surface area contributed by atoms with Crippen LogP contribution in [-0.2, 0) is 11.3 Å². The Morgan fingerprint density at radius 2 is 2.05 bits per heavy atom. The Morgan fingerprint density at radius 1 is 1.37 bits per heavy atom. The largest absolute Gasteiger partial charge is 0.478 e. The van der Waals surface area contributed by atoms with E-state index in [4.69, 9.17) is 5.11 Å². The molecule has 1 heterocycles. The highest BCUT2D eigenvalue weighted by molar-refractivity contribution is 5.87. The Hall–Kier alpha value is -1.88. The van der Waals surface area contributed by atoms with Crippen LogP contribution in [-0.4, -0.2) is 42.0 Å². The number of aromatic carboxylic acids is 1. The summed E-state index contributed by atoms with van der Waals surface area (Å²) in [6.45, 7) is 2.22. The molecule has 102 valence electrons. The van der Waals surface area contributed by atoms with Crippen LogP contribution in [0.3, 0.4) is 0 Å². The van der Waals surface area contributed by atoms with E-state index in [2.05, 4.69) is 10.2 Å². The van der Waals surface area contributed by atoms with Gasteiger partial charge in [-0.3, -0.25) is 4.79 Å². The van der Waals surface area contributed by atoms with Gasteiger partial charge in [-0.15, -0.1) is 0 Å². The fraction of sp³-hybridized carbons (Fsp3) is 0.429. The van der Waals surface area contributed by atoms with Crippen molar-refractivity contribution < 1.29 is 14.7 Å². The molecule has 0 bridgehead atoms. The van der Waals surface area contributed by atoms with Crippen LogP contribution in [0.15, 0.2) is 24.3 Å². The van der Waals surface area contributed by atoms with E-state index in [1.165, 1.54) is 0 Å². The standard InChI is InChI=1S/C14H18N2O3/c1-16-7-6-12(9-16)13(17)15-8-10-2-4-11(5-3-10)14(18)19/h2-5,12H,6-9H2,1H3,(H,15,17)(H,18,19). The molecule has 1 aromatic carbocycles. The molecule has 1 unspecified atom stereocenters. The molecule has 0 saturated carbocycles. The second-order valence-corrected chi connectivity index (χ2v) is 4.97. The lowest BCUT2D eigenvalue weighted by atomic mass is 10.1. The highest BCUT2D eigenvalue weighted by Gasteiger charge is 2.25. The number of hydrogen-bond donors (Lipinski definition) is 2. The van der Waals surface area contributed by atoms with Gasteiger partial charge in [0.2, 0.25) is 5.91 Å². The molecule has 0 aromatic heterocycles. The zero-order valence-corrected chi connectivity index (χ0v) is 10.9. The maximum absolute atomic E-state index is 11.9. The number of carbonyl (C=O) groups excluding carboxylic acids is 1. The molecule has 1 atom stereocenters. The van der Waals surface area contributed by atoms with Crippen molar-refractivity contribution in [3.05, 3.63) is 35.4 Å². The third kappa shape index (κ3) is 3.54. The van der Waals surface area contributed by atoms with E-state index in [1.54, 1.807) is 24.3 Å². The number of benzene rings is 1. The molecule has 1 fully saturated rings. The van der Waals surface area contributed by atoms with Gasteiger partial charge in [-0.1, -0.05) is 12.1 Å². The van der Waals surface area contributed by atoms with Crippen LogP contribution < -0.4 is 5.32 Å². The Balaban J connectivity index is 1.85. The highest BCUT2D eigenvalue weighted by Crippen LogP contribution is 2.14. The molecular weight excluding hydrogens is 244 g/mol. The van der Waals surface area contributed by atoms with Gasteiger partial charge in [-0.25, -0.2) is 4.79 Å². The first kappa shape index (κ1) is 13.5. The molecular formula is C14H18N2O3. The van der Waals surface area contributed by atoms with E-state index in [9.17, 15) is 9.59 Å². The third-order valence-electron chi connectivity index (χ3n) is 3.43. The number of carbonyl (C=O) groups is 2. The van der Waals surface area contributed by atoms with Crippen molar-refractivity contribution in [2.24, 2.45) is 5.92 Å². The van der Waals surface area contributed by atoms with Crippen molar-refractivity contribution in [1.82, 2.24) is 10.2 Å². The molecule has 1 saturated heterocycles. The number of nitrogens with one attached hydrogen (secondary N) is 1. The molecule has 1 aliphatic rings. The normalized spacial score (nSPS) is 19.3. The van der Waals surface area contributed by atoms with Gasteiger partial charge in [0, 0.05) is 13.1 Å². The summed E-state index contributed by atoms with van der Waals surface area (Å²) in [4.78, 5) is 24.8.